The molecule has 2 aliphatic carbocycles. The van der Waals surface area contributed by atoms with E-state index in [1.165, 1.54) is 32.2 Å². The molecule has 2 aliphatic rings. The molecule has 0 amide bonds. The molecule has 0 radical (unpaired) electrons. The Hall–Kier alpha value is -0.0800. The summed E-state index contributed by atoms with van der Waals surface area (Å²) in [4.78, 5) is 0. The minimum absolute atomic E-state index is 0.666. The Labute approximate surface area is 75.1 Å². The van der Waals surface area contributed by atoms with E-state index in [0.29, 0.717) is 5.41 Å². The van der Waals surface area contributed by atoms with Gasteiger partial charge in [0.15, 0.2) is 0 Å². The van der Waals surface area contributed by atoms with Crippen LogP contribution in [-0.2, 0) is 0 Å². The molecule has 0 aliphatic heterocycles. The molecule has 0 saturated heterocycles. The fourth-order valence-electron chi connectivity index (χ4n) is 1.43. The maximum atomic E-state index is 3.51. The van der Waals surface area contributed by atoms with Crippen molar-refractivity contribution in [2.24, 2.45) is 5.41 Å². The average molecular weight is 168 g/mol. The van der Waals surface area contributed by atoms with Crippen LogP contribution in [0.3, 0.4) is 0 Å². The van der Waals surface area contributed by atoms with Gasteiger partial charge in [0.1, 0.15) is 0 Å². The zero-order chi connectivity index (χ0) is 8.44. The molecule has 2 N–H and O–H groups in total. The predicted octanol–water partition coefficient (Wildman–Crippen LogP) is 1.13. The van der Waals surface area contributed by atoms with Crippen molar-refractivity contribution in [3.05, 3.63) is 0 Å². The van der Waals surface area contributed by atoms with Gasteiger partial charge in [0.2, 0.25) is 0 Å². The SMILES string of the molecule is CC1(CNCCNC2CC2)CC1. The zero-order valence-electron chi connectivity index (χ0n) is 8.03. The van der Waals surface area contributed by atoms with E-state index >= 15 is 0 Å². The van der Waals surface area contributed by atoms with Crippen LogP contribution < -0.4 is 10.6 Å². The molecule has 0 aromatic rings. The molecule has 0 unspecified atom stereocenters. The molecule has 0 aromatic carbocycles. The number of hydrogen-bond donors (Lipinski definition) is 2. The Morgan fingerprint density at radius 2 is 2.00 bits per heavy atom. The summed E-state index contributed by atoms with van der Waals surface area (Å²) >= 11 is 0. The van der Waals surface area contributed by atoms with Crippen LogP contribution in [-0.4, -0.2) is 25.7 Å². The van der Waals surface area contributed by atoms with Crippen molar-refractivity contribution in [2.45, 2.75) is 38.6 Å². The Kier molecular flexibility index (Phi) is 2.37. The van der Waals surface area contributed by atoms with Gasteiger partial charge in [-0.05, 0) is 31.1 Å². The summed E-state index contributed by atoms with van der Waals surface area (Å²) < 4.78 is 0. The Morgan fingerprint density at radius 3 is 2.58 bits per heavy atom. The van der Waals surface area contributed by atoms with E-state index in [-0.39, 0.29) is 0 Å². The molecule has 70 valence electrons. The van der Waals surface area contributed by atoms with E-state index in [0.717, 1.165) is 19.1 Å². The molecule has 0 bridgehead atoms. The van der Waals surface area contributed by atoms with E-state index in [2.05, 4.69) is 17.6 Å². The first-order valence-corrected chi connectivity index (χ1v) is 5.23. The maximum absolute atomic E-state index is 3.51. The second-order valence-corrected chi connectivity index (χ2v) is 4.72. The van der Waals surface area contributed by atoms with E-state index in [4.69, 9.17) is 0 Å². The lowest BCUT2D eigenvalue weighted by Gasteiger charge is -2.09. The number of rotatable bonds is 6. The summed E-state index contributed by atoms with van der Waals surface area (Å²) in [5, 5.41) is 7.01. The topological polar surface area (TPSA) is 24.1 Å². The maximum Gasteiger partial charge on any atom is 0.00793 e. The summed E-state index contributed by atoms with van der Waals surface area (Å²) in [6, 6.07) is 0.864. The number of nitrogens with one attached hydrogen (secondary N) is 2. The molecule has 2 saturated carbocycles. The quantitative estimate of drug-likeness (QED) is 0.581. The molecule has 2 rings (SSSR count). The standard InChI is InChI=1S/C10H20N2/c1-10(4-5-10)8-11-6-7-12-9-2-3-9/h9,11-12H,2-8H2,1H3. The van der Waals surface area contributed by atoms with Gasteiger partial charge in [0, 0.05) is 25.7 Å². The second kappa shape index (κ2) is 3.35. The zero-order valence-corrected chi connectivity index (χ0v) is 8.03. The molecule has 2 heteroatoms. The van der Waals surface area contributed by atoms with Crippen molar-refractivity contribution in [1.82, 2.24) is 10.6 Å². The first-order valence-electron chi connectivity index (χ1n) is 5.23. The summed E-state index contributed by atoms with van der Waals surface area (Å²) in [6.45, 7) is 5.89. The van der Waals surface area contributed by atoms with Gasteiger partial charge in [-0.1, -0.05) is 6.92 Å². The van der Waals surface area contributed by atoms with Crippen molar-refractivity contribution in [3.63, 3.8) is 0 Å². The third-order valence-electron chi connectivity index (χ3n) is 2.97. The van der Waals surface area contributed by atoms with Gasteiger partial charge in [-0.3, -0.25) is 0 Å². The van der Waals surface area contributed by atoms with Crippen LogP contribution >= 0.6 is 0 Å². The van der Waals surface area contributed by atoms with Crippen LogP contribution in [0.4, 0.5) is 0 Å². The fourth-order valence-corrected chi connectivity index (χ4v) is 1.43. The van der Waals surface area contributed by atoms with Crippen LogP contribution in [0.25, 0.3) is 0 Å². The van der Waals surface area contributed by atoms with Gasteiger partial charge in [-0.25, -0.2) is 0 Å². The van der Waals surface area contributed by atoms with E-state index in [1.54, 1.807) is 0 Å². The lowest BCUT2D eigenvalue weighted by Crippen LogP contribution is -2.31. The summed E-state index contributed by atoms with van der Waals surface area (Å²) in [6.07, 6.45) is 5.65. The molecule has 0 atom stereocenters. The summed E-state index contributed by atoms with van der Waals surface area (Å²) in [5.74, 6) is 0. The van der Waals surface area contributed by atoms with Crippen LogP contribution in [0.1, 0.15) is 32.6 Å². The molecule has 0 heterocycles. The van der Waals surface area contributed by atoms with Gasteiger partial charge >= 0.3 is 0 Å². The summed E-state index contributed by atoms with van der Waals surface area (Å²) in [7, 11) is 0. The highest BCUT2D eigenvalue weighted by atomic mass is 15.0. The second-order valence-electron chi connectivity index (χ2n) is 4.72. The van der Waals surface area contributed by atoms with Gasteiger partial charge in [-0.2, -0.15) is 0 Å². The van der Waals surface area contributed by atoms with E-state index < -0.39 is 0 Å². The minimum Gasteiger partial charge on any atom is -0.315 e. The van der Waals surface area contributed by atoms with Gasteiger partial charge in [-0.15, -0.1) is 0 Å². The highest BCUT2D eigenvalue weighted by molar-refractivity contribution is 4.90. The molecule has 0 aromatic heterocycles. The van der Waals surface area contributed by atoms with E-state index in [9.17, 15) is 0 Å². The van der Waals surface area contributed by atoms with Crippen LogP contribution in [0.2, 0.25) is 0 Å². The lowest BCUT2D eigenvalue weighted by atomic mass is 10.1. The highest BCUT2D eigenvalue weighted by Gasteiger charge is 2.36. The molecular formula is C10H20N2. The predicted molar refractivity (Wildman–Crippen MR) is 51.2 cm³/mol. The van der Waals surface area contributed by atoms with Crippen molar-refractivity contribution in [1.29, 1.82) is 0 Å². The van der Waals surface area contributed by atoms with Gasteiger partial charge in [0.25, 0.3) is 0 Å². The van der Waals surface area contributed by atoms with Crippen molar-refractivity contribution < 1.29 is 0 Å². The molecule has 0 spiro atoms. The average Bonchev–Trinajstić information content (AvgIpc) is 2.88. The molecule has 2 fully saturated rings. The van der Waals surface area contributed by atoms with Crippen LogP contribution in [0, 0.1) is 5.41 Å². The highest BCUT2D eigenvalue weighted by Crippen LogP contribution is 2.43. The number of hydrogen-bond acceptors (Lipinski definition) is 2. The first-order chi connectivity index (χ1) is 5.79. The smallest absolute Gasteiger partial charge is 0.00793 e. The fraction of sp³-hybridized carbons (Fsp3) is 1.00. The molecular weight excluding hydrogens is 148 g/mol. The summed E-state index contributed by atoms with van der Waals surface area (Å²) in [5.41, 5.74) is 0.666. The Bertz CT molecular complexity index is 148. The molecule has 12 heavy (non-hydrogen) atoms. The Morgan fingerprint density at radius 1 is 1.25 bits per heavy atom. The van der Waals surface area contributed by atoms with Crippen molar-refractivity contribution >= 4 is 0 Å². The normalized spacial score (nSPS) is 25.8. The largest absolute Gasteiger partial charge is 0.315 e. The third kappa shape index (κ3) is 2.76. The first kappa shape index (κ1) is 8.52. The van der Waals surface area contributed by atoms with Gasteiger partial charge in [0.05, 0.1) is 0 Å². The molecule has 2 nitrogen and oxygen atoms in total. The lowest BCUT2D eigenvalue weighted by molar-refractivity contribution is 0.491. The monoisotopic (exact) mass is 168 g/mol. The minimum atomic E-state index is 0.666. The van der Waals surface area contributed by atoms with Crippen LogP contribution in [0.5, 0.6) is 0 Å². The van der Waals surface area contributed by atoms with Gasteiger partial charge < -0.3 is 10.6 Å². The van der Waals surface area contributed by atoms with Crippen LogP contribution in [0.15, 0.2) is 0 Å². The van der Waals surface area contributed by atoms with Crippen molar-refractivity contribution in [3.8, 4) is 0 Å². The Balaban J connectivity index is 1.41. The van der Waals surface area contributed by atoms with Crippen molar-refractivity contribution in [2.75, 3.05) is 19.6 Å². The third-order valence-corrected chi connectivity index (χ3v) is 2.97. The van der Waals surface area contributed by atoms with E-state index in [1.807, 2.05) is 0 Å².